The van der Waals surface area contributed by atoms with Crippen LogP contribution >= 0.6 is 0 Å². The molecule has 1 saturated heterocycles. The monoisotopic (exact) mass is 326 g/mol. The van der Waals surface area contributed by atoms with Gasteiger partial charge in [0, 0.05) is 31.5 Å². The van der Waals surface area contributed by atoms with Gasteiger partial charge in [-0.1, -0.05) is 6.07 Å². The summed E-state index contributed by atoms with van der Waals surface area (Å²) >= 11 is 0. The van der Waals surface area contributed by atoms with Gasteiger partial charge in [0.2, 0.25) is 11.8 Å². The van der Waals surface area contributed by atoms with E-state index < -0.39 is 0 Å². The normalized spacial score (nSPS) is 16.7. The third kappa shape index (κ3) is 3.51. The maximum atomic E-state index is 12.5. The second-order valence-corrected chi connectivity index (χ2v) is 5.53. The lowest BCUT2D eigenvalue weighted by atomic mass is 10.1. The van der Waals surface area contributed by atoms with Gasteiger partial charge in [0.05, 0.1) is 18.6 Å². The fourth-order valence-electron chi connectivity index (χ4n) is 2.63. The quantitative estimate of drug-likeness (QED) is 0.922. The molecule has 24 heavy (non-hydrogen) atoms. The Hall–Kier alpha value is -2.96. The Morgan fingerprint density at radius 1 is 1.25 bits per heavy atom. The van der Waals surface area contributed by atoms with E-state index in [4.69, 9.17) is 4.74 Å². The summed E-state index contributed by atoms with van der Waals surface area (Å²) in [5.74, 6) is 0.504. The first-order chi connectivity index (χ1) is 11.7. The number of methoxy groups -OCH3 is 1. The van der Waals surface area contributed by atoms with E-state index in [1.807, 2.05) is 6.07 Å². The number of nitrogens with one attached hydrogen (secondary N) is 1. The highest BCUT2D eigenvalue weighted by molar-refractivity contribution is 5.96. The molecule has 0 spiro atoms. The number of hydrogen-bond acceptors (Lipinski definition) is 5. The standard InChI is InChI=1S/C17H18N4O3/c1-24-15-6-5-12(10-19-15)17(23)21-9-7-13(11-21)16(22)20-14-4-2-3-8-18-14/h2-6,8,10,13H,7,9,11H2,1H3,(H,18,20,22)/t13-/m0/s1. The molecule has 1 aliphatic rings. The number of carbonyl (C=O) groups excluding carboxylic acids is 2. The van der Waals surface area contributed by atoms with E-state index in [2.05, 4.69) is 15.3 Å². The summed E-state index contributed by atoms with van der Waals surface area (Å²) in [6, 6.07) is 8.65. The van der Waals surface area contributed by atoms with E-state index in [1.54, 1.807) is 35.4 Å². The number of anilines is 1. The number of amides is 2. The Bertz CT molecular complexity index is 718. The summed E-state index contributed by atoms with van der Waals surface area (Å²) in [5, 5.41) is 2.78. The van der Waals surface area contributed by atoms with Crippen molar-refractivity contribution < 1.29 is 14.3 Å². The lowest BCUT2D eigenvalue weighted by molar-refractivity contribution is -0.119. The minimum Gasteiger partial charge on any atom is -0.481 e. The molecular weight excluding hydrogens is 308 g/mol. The van der Waals surface area contributed by atoms with Crippen LogP contribution in [-0.4, -0.2) is 46.9 Å². The molecule has 3 heterocycles. The zero-order chi connectivity index (χ0) is 16.9. The molecule has 124 valence electrons. The Morgan fingerprint density at radius 3 is 2.79 bits per heavy atom. The van der Waals surface area contributed by atoms with Crippen LogP contribution in [0.2, 0.25) is 0 Å². The summed E-state index contributed by atoms with van der Waals surface area (Å²) in [5.41, 5.74) is 0.488. The van der Waals surface area contributed by atoms with Crippen molar-refractivity contribution in [3.8, 4) is 5.88 Å². The molecule has 0 aliphatic carbocycles. The molecule has 0 radical (unpaired) electrons. The lowest BCUT2D eigenvalue weighted by Crippen LogP contribution is -2.31. The molecule has 0 aromatic carbocycles. The van der Waals surface area contributed by atoms with Gasteiger partial charge in [-0.2, -0.15) is 0 Å². The highest BCUT2D eigenvalue weighted by Crippen LogP contribution is 2.20. The fourth-order valence-corrected chi connectivity index (χ4v) is 2.63. The molecule has 2 amide bonds. The first-order valence-corrected chi connectivity index (χ1v) is 7.68. The number of carbonyl (C=O) groups is 2. The summed E-state index contributed by atoms with van der Waals surface area (Å²) < 4.78 is 4.98. The van der Waals surface area contributed by atoms with Crippen LogP contribution in [0.4, 0.5) is 5.82 Å². The SMILES string of the molecule is COc1ccc(C(=O)N2CC[C@H](C(=O)Nc3ccccn3)C2)cn1. The third-order valence-corrected chi connectivity index (χ3v) is 3.95. The van der Waals surface area contributed by atoms with Crippen LogP contribution in [0.25, 0.3) is 0 Å². The lowest BCUT2D eigenvalue weighted by Gasteiger charge is -2.16. The number of aromatic nitrogens is 2. The van der Waals surface area contributed by atoms with Crippen molar-refractivity contribution in [2.75, 3.05) is 25.5 Å². The van der Waals surface area contributed by atoms with E-state index in [-0.39, 0.29) is 17.7 Å². The van der Waals surface area contributed by atoms with Crippen LogP contribution in [0, 0.1) is 5.92 Å². The minimum atomic E-state index is -0.234. The van der Waals surface area contributed by atoms with Crippen LogP contribution in [0.15, 0.2) is 42.7 Å². The van der Waals surface area contributed by atoms with Crippen LogP contribution in [0.1, 0.15) is 16.8 Å². The molecule has 2 aromatic heterocycles. The predicted octanol–water partition coefficient (Wildman–Crippen LogP) is 1.59. The van der Waals surface area contributed by atoms with Gasteiger partial charge in [-0.3, -0.25) is 9.59 Å². The van der Waals surface area contributed by atoms with Crippen LogP contribution in [0.5, 0.6) is 5.88 Å². The summed E-state index contributed by atoms with van der Waals surface area (Å²) in [4.78, 5) is 34.5. The van der Waals surface area contributed by atoms with Crippen molar-refractivity contribution in [1.29, 1.82) is 0 Å². The smallest absolute Gasteiger partial charge is 0.255 e. The maximum Gasteiger partial charge on any atom is 0.255 e. The Balaban J connectivity index is 1.59. The molecule has 7 nitrogen and oxygen atoms in total. The molecule has 0 unspecified atom stereocenters. The number of nitrogens with zero attached hydrogens (tertiary/aromatic N) is 3. The second-order valence-electron chi connectivity index (χ2n) is 5.53. The zero-order valence-electron chi connectivity index (χ0n) is 13.3. The van der Waals surface area contributed by atoms with E-state index >= 15 is 0 Å². The number of ether oxygens (including phenoxy) is 1. The molecule has 1 fully saturated rings. The molecule has 1 N–H and O–H groups in total. The van der Waals surface area contributed by atoms with Crippen LogP contribution < -0.4 is 10.1 Å². The van der Waals surface area contributed by atoms with E-state index in [9.17, 15) is 9.59 Å². The van der Waals surface area contributed by atoms with E-state index in [1.165, 1.54) is 13.3 Å². The molecular formula is C17H18N4O3. The minimum absolute atomic E-state index is 0.114. The van der Waals surface area contributed by atoms with Crippen molar-refractivity contribution in [3.63, 3.8) is 0 Å². The molecule has 2 aromatic rings. The van der Waals surface area contributed by atoms with Crippen molar-refractivity contribution in [2.24, 2.45) is 5.92 Å². The third-order valence-electron chi connectivity index (χ3n) is 3.95. The van der Waals surface area contributed by atoms with Gasteiger partial charge in [0.25, 0.3) is 5.91 Å². The number of hydrogen-bond donors (Lipinski definition) is 1. The highest BCUT2D eigenvalue weighted by atomic mass is 16.5. The van der Waals surface area contributed by atoms with Gasteiger partial charge in [0.15, 0.2) is 0 Å². The number of pyridine rings is 2. The summed E-state index contributed by atoms with van der Waals surface area (Å²) in [6.45, 7) is 0.939. The Kier molecular flexibility index (Phi) is 4.69. The van der Waals surface area contributed by atoms with Crippen LogP contribution in [-0.2, 0) is 4.79 Å². The average molecular weight is 326 g/mol. The van der Waals surface area contributed by atoms with Gasteiger partial charge in [-0.15, -0.1) is 0 Å². The molecule has 1 aliphatic heterocycles. The summed E-state index contributed by atoms with van der Waals surface area (Å²) in [7, 11) is 1.52. The predicted molar refractivity (Wildman–Crippen MR) is 87.7 cm³/mol. The van der Waals surface area contributed by atoms with Crippen molar-refractivity contribution >= 4 is 17.6 Å². The van der Waals surface area contributed by atoms with Crippen molar-refractivity contribution in [3.05, 3.63) is 48.3 Å². The molecule has 0 bridgehead atoms. The van der Waals surface area contributed by atoms with Gasteiger partial charge in [0.1, 0.15) is 5.82 Å². The van der Waals surface area contributed by atoms with E-state index in [0.29, 0.717) is 36.8 Å². The number of rotatable bonds is 4. The molecule has 7 heteroatoms. The highest BCUT2D eigenvalue weighted by Gasteiger charge is 2.31. The first kappa shape index (κ1) is 15.9. The van der Waals surface area contributed by atoms with Gasteiger partial charge in [-0.05, 0) is 24.6 Å². The van der Waals surface area contributed by atoms with Crippen molar-refractivity contribution in [2.45, 2.75) is 6.42 Å². The van der Waals surface area contributed by atoms with Crippen molar-refractivity contribution in [1.82, 2.24) is 14.9 Å². The first-order valence-electron chi connectivity index (χ1n) is 7.68. The largest absolute Gasteiger partial charge is 0.481 e. The average Bonchev–Trinajstić information content (AvgIpc) is 3.12. The van der Waals surface area contributed by atoms with Crippen LogP contribution in [0.3, 0.4) is 0 Å². The van der Waals surface area contributed by atoms with Gasteiger partial charge < -0.3 is 15.0 Å². The van der Waals surface area contributed by atoms with E-state index in [0.717, 1.165) is 0 Å². The second kappa shape index (κ2) is 7.08. The topological polar surface area (TPSA) is 84.4 Å². The van der Waals surface area contributed by atoms with Gasteiger partial charge in [-0.25, -0.2) is 9.97 Å². The maximum absolute atomic E-state index is 12.5. The fraction of sp³-hybridized carbons (Fsp3) is 0.294. The molecule has 1 atom stereocenters. The van der Waals surface area contributed by atoms with Gasteiger partial charge >= 0.3 is 0 Å². The number of likely N-dealkylation sites (tertiary alicyclic amines) is 1. The Morgan fingerprint density at radius 2 is 2.12 bits per heavy atom. The molecule has 0 saturated carbocycles. The summed E-state index contributed by atoms with van der Waals surface area (Å²) in [6.07, 6.45) is 3.74. The molecule has 3 rings (SSSR count). The zero-order valence-corrected chi connectivity index (χ0v) is 13.3. The Labute approximate surface area is 139 Å².